The van der Waals surface area contributed by atoms with Crippen LogP contribution < -0.4 is 11.1 Å². The number of carbonyl (C=O) groups excluding carboxylic acids is 1. The highest BCUT2D eigenvalue weighted by Crippen LogP contribution is 2.31. The van der Waals surface area contributed by atoms with Crippen molar-refractivity contribution in [3.8, 4) is 0 Å². The molecule has 0 bridgehead atoms. The van der Waals surface area contributed by atoms with E-state index >= 15 is 0 Å². The van der Waals surface area contributed by atoms with Crippen LogP contribution in [0, 0.1) is 13.8 Å². The standard InChI is InChI=1S/C15H26N4O/c1-10(2)19-12(4)14(11(3)18-19)17-13(20)9-15(16)7-5-6-8-15/h10H,5-9,16H2,1-4H3,(H,17,20). The predicted octanol–water partition coefficient (Wildman–Crippen LogP) is 2.68. The molecule has 3 N–H and O–H groups in total. The molecule has 0 saturated heterocycles. The van der Waals surface area contributed by atoms with Gasteiger partial charge in [0.25, 0.3) is 0 Å². The Labute approximate surface area is 120 Å². The number of hydrogen-bond donors (Lipinski definition) is 2. The molecule has 1 amide bonds. The van der Waals surface area contributed by atoms with E-state index in [0.717, 1.165) is 42.8 Å². The van der Waals surface area contributed by atoms with Gasteiger partial charge in [-0.25, -0.2) is 0 Å². The Balaban J connectivity index is 2.08. The Kier molecular flexibility index (Phi) is 4.18. The molecule has 2 rings (SSSR count). The molecule has 1 fully saturated rings. The van der Waals surface area contributed by atoms with Crippen LogP contribution in [-0.4, -0.2) is 21.2 Å². The second-order valence-corrected chi connectivity index (χ2v) is 6.38. The maximum absolute atomic E-state index is 12.2. The van der Waals surface area contributed by atoms with Crippen molar-refractivity contribution in [1.29, 1.82) is 0 Å². The highest BCUT2D eigenvalue weighted by atomic mass is 16.1. The van der Waals surface area contributed by atoms with E-state index in [1.54, 1.807) is 0 Å². The summed E-state index contributed by atoms with van der Waals surface area (Å²) in [6.07, 6.45) is 4.56. The molecule has 1 aliphatic carbocycles. The van der Waals surface area contributed by atoms with E-state index in [4.69, 9.17) is 5.73 Å². The van der Waals surface area contributed by atoms with Crippen LogP contribution in [0.2, 0.25) is 0 Å². The van der Waals surface area contributed by atoms with E-state index in [0.29, 0.717) is 6.42 Å². The number of nitrogens with one attached hydrogen (secondary N) is 1. The highest BCUT2D eigenvalue weighted by Gasteiger charge is 2.32. The molecule has 0 spiro atoms. The van der Waals surface area contributed by atoms with Crippen LogP contribution in [0.1, 0.15) is 63.4 Å². The van der Waals surface area contributed by atoms with Gasteiger partial charge in [0.05, 0.1) is 17.1 Å². The normalized spacial score (nSPS) is 17.7. The molecule has 0 radical (unpaired) electrons. The Morgan fingerprint density at radius 1 is 1.40 bits per heavy atom. The molecule has 1 aromatic heterocycles. The number of aromatic nitrogens is 2. The van der Waals surface area contributed by atoms with Crippen molar-refractivity contribution in [3.63, 3.8) is 0 Å². The van der Waals surface area contributed by atoms with Gasteiger partial charge >= 0.3 is 0 Å². The first-order valence-electron chi connectivity index (χ1n) is 7.47. The number of hydrogen-bond acceptors (Lipinski definition) is 3. The Hall–Kier alpha value is -1.36. The van der Waals surface area contributed by atoms with Crippen LogP contribution in [0.4, 0.5) is 5.69 Å². The van der Waals surface area contributed by atoms with Gasteiger partial charge in [0, 0.05) is 18.0 Å². The van der Waals surface area contributed by atoms with Crippen molar-refractivity contribution in [2.24, 2.45) is 5.73 Å². The lowest BCUT2D eigenvalue weighted by Crippen LogP contribution is -2.40. The summed E-state index contributed by atoms with van der Waals surface area (Å²) in [4.78, 5) is 12.2. The predicted molar refractivity (Wildman–Crippen MR) is 80.7 cm³/mol. The van der Waals surface area contributed by atoms with Crippen molar-refractivity contribution >= 4 is 11.6 Å². The topological polar surface area (TPSA) is 72.9 Å². The minimum Gasteiger partial charge on any atom is -0.325 e. The van der Waals surface area contributed by atoms with Gasteiger partial charge in [-0.3, -0.25) is 9.48 Å². The van der Waals surface area contributed by atoms with Crippen LogP contribution in [0.15, 0.2) is 0 Å². The van der Waals surface area contributed by atoms with Crippen LogP contribution in [0.3, 0.4) is 0 Å². The molecule has 1 aliphatic rings. The van der Waals surface area contributed by atoms with Crippen molar-refractivity contribution in [3.05, 3.63) is 11.4 Å². The summed E-state index contributed by atoms with van der Waals surface area (Å²) >= 11 is 0. The lowest BCUT2D eigenvalue weighted by Gasteiger charge is -2.22. The van der Waals surface area contributed by atoms with Crippen LogP contribution in [-0.2, 0) is 4.79 Å². The number of amides is 1. The minimum absolute atomic E-state index is 0.00362. The van der Waals surface area contributed by atoms with Gasteiger partial charge < -0.3 is 11.1 Å². The van der Waals surface area contributed by atoms with Crippen LogP contribution in [0.25, 0.3) is 0 Å². The van der Waals surface area contributed by atoms with Gasteiger partial charge in [0.15, 0.2) is 0 Å². The summed E-state index contributed by atoms with van der Waals surface area (Å²) in [7, 11) is 0. The summed E-state index contributed by atoms with van der Waals surface area (Å²) < 4.78 is 1.94. The van der Waals surface area contributed by atoms with Crippen molar-refractivity contribution < 1.29 is 4.79 Å². The summed E-state index contributed by atoms with van der Waals surface area (Å²) in [5.74, 6) is 0.00362. The van der Waals surface area contributed by atoms with Gasteiger partial charge in [0.2, 0.25) is 5.91 Å². The maximum Gasteiger partial charge on any atom is 0.226 e. The van der Waals surface area contributed by atoms with Gasteiger partial charge in [-0.1, -0.05) is 12.8 Å². The van der Waals surface area contributed by atoms with Gasteiger partial charge in [-0.15, -0.1) is 0 Å². The number of nitrogens with two attached hydrogens (primary N) is 1. The zero-order valence-electron chi connectivity index (χ0n) is 13.0. The second kappa shape index (κ2) is 5.56. The molecule has 0 unspecified atom stereocenters. The quantitative estimate of drug-likeness (QED) is 0.889. The fourth-order valence-corrected chi connectivity index (χ4v) is 3.11. The monoisotopic (exact) mass is 278 g/mol. The largest absolute Gasteiger partial charge is 0.325 e. The summed E-state index contributed by atoms with van der Waals surface area (Å²) in [5.41, 5.74) is 8.66. The third kappa shape index (κ3) is 3.03. The second-order valence-electron chi connectivity index (χ2n) is 6.38. The Bertz CT molecular complexity index is 498. The van der Waals surface area contributed by atoms with Crippen LogP contribution >= 0.6 is 0 Å². The van der Waals surface area contributed by atoms with E-state index in [2.05, 4.69) is 24.3 Å². The molecule has 20 heavy (non-hydrogen) atoms. The van der Waals surface area contributed by atoms with E-state index in [1.807, 2.05) is 18.5 Å². The van der Waals surface area contributed by atoms with Crippen molar-refractivity contribution in [2.75, 3.05) is 5.32 Å². The highest BCUT2D eigenvalue weighted by molar-refractivity contribution is 5.92. The first-order chi connectivity index (χ1) is 9.32. The van der Waals surface area contributed by atoms with Gasteiger partial charge in [-0.2, -0.15) is 5.10 Å². The molecule has 0 aromatic carbocycles. The lowest BCUT2D eigenvalue weighted by molar-refractivity contribution is -0.117. The fourth-order valence-electron chi connectivity index (χ4n) is 3.11. The van der Waals surface area contributed by atoms with Crippen molar-refractivity contribution in [1.82, 2.24) is 9.78 Å². The van der Waals surface area contributed by atoms with E-state index in [1.165, 1.54) is 0 Å². The average molecular weight is 278 g/mol. The number of rotatable bonds is 4. The summed E-state index contributed by atoms with van der Waals surface area (Å²) in [6.45, 7) is 8.08. The third-order valence-electron chi connectivity index (χ3n) is 4.19. The molecule has 0 aliphatic heterocycles. The first-order valence-corrected chi connectivity index (χ1v) is 7.47. The average Bonchev–Trinajstić information content (AvgIpc) is 2.88. The molecule has 1 aromatic rings. The van der Waals surface area contributed by atoms with Crippen LogP contribution in [0.5, 0.6) is 0 Å². The zero-order valence-corrected chi connectivity index (χ0v) is 13.0. The minimum atomic E-state index is -0.306. The summed E-state index contributed by atoms with van der Waals surface area (Å²) in [5, 5.41) is 7.49. The molecular weight excluding hydrogens is 252 g/mol. The molecule has 1 heterocycles. The third-order valence-corrected chi connectivity index (χ3v) is 4.19. The first kappa shape index (κ1) is 15.0. The molecule has 112 valence electrons. The van der Waals surface area contributed by atoms with E-state index in [-0.39, 0.29) is 17.5 Å². The lowest BCUT2D eigenvalue weighted by atomic mass is 9.94. The number of carbonyl (C=O) groups is 1. The molecular formula is C15H26N4O. The van der Waals surface area contributed by atoms with E-state index < -0.39 is 0 Å². The molecule has 5 nitrogen and oxygen atoms in total. The molecule has 5 heteroatoms. The molecule has 1 saturated carbocycles. The smallest absolute Gasteiger partial charge is 0.226 e. The Morgan fingerprint density at radius 2 is 2.00 bits per heavy atom. The number of nitrogens with zero attached hydrogens (tertiary/aromatic N) is 2. The fraction of sp³-hybridized carbons (Fsp3) is 0.733. The Morgan fingerprint density at radius 3 is 2.50 bits per heavy atom. The SMILES string of the molecule is Cc1nn(C(C)C)c(C)c1NC(=O)CC1(N)CCCC1. The summed E-state index contributed by atoms with van der Waals surface area (Å²) in [6, 6.07) is 0.287. The van der Waals surface area contributed by atoms with Crippen molar-refractivity contribution in [2.45, 2.75) is 71.4 Å². The molecule has 0 atom stereocenters. The zero-order chi connectivity index (χ0) is 14.9. The maximum atomic E-state index is 12.2. The number of aryl methyl sites for hydroxylation is 1. The van der Waals surface area contributed by atoms with Gasteiger partial charge in [-0.05, 0) is 40.5 Å². The number of anilines is 1. The van der Waals surface area contributed by atoms with Gasteiger partial charge in [0.1, 0.15) is 0 Å². The van der Waals surface area contributed by atoms with E-state index in [9.17, 15) is 4.79 Å².